The van der Waals surface area contributed by atoms with Crippen molar-refractivity contribution in [3.63, 3.8) is 0 Å². The zero-order chi connectivity index (χ0) is 13.5. The van der Waals surface area contributed by atoms with E-state index < -0.39 is 0 Å². The van der Waals surface area contributed by atoms with Crippen LogP contribution in [0, 0.1) is 0 Å². The normalized spacial score (nSPS) is 16.9. The summed E-state index contributed by atoms with van der Waals surface area (Å²) in [4.78, 5) is 13.9. The third kappa shape index (κ3) is 5.19. The minimum Gasteiger partial charge on any atom is -0.460 e. The monoisotopic (exact) mass is 282 g/mol. The summed E-state index contributed by atoms with van der Waals surface area (Å²) in [5, 5.41) is 3.97. The van der Waals surface area contributed by atoms with Gasteiger partial charge in [-0.2, -0.15) is 0 Å². The van der Waals surface area contributed by atoms with Crippen molar-refractivity contribution in [3.05, 3.63) is 34.9 Å². The van der Waals surface area contributed by atoms with Gasteiger partial charge in [-0.05, 0) is 37.2 Å². The van der Waals surface area contributed by atoms with Crippen LogP contribution in [0.2, 0.25) is 5.02 Å². The molecule has 0 radical (unpaired) electrons. The van der Waals surface area contributed by atoms with E-state index in [-0.39, 0.29) is 12.6 Å². The fraction of sp³-hybridized carbons (Fsp3) is 0.500. The third-order valence-corrected chi connectivity index (χ3v) is 3.31. The molecule has 1 aliphatic heterocycles. The van der Waals surface area contributed by atoms with Crippen molar-refractivity contribution in [2.45, 2.75) is 13.0 Å². The maximum Gasteiger partial charge on any atom is 0.320 e. The first-order valence-corrected chi connectivity index (χ1v) is 6.95. The molecule has 1 heterocycles. The molecule has 0 bridgehead atoms. The average Bonchev–Trinajstić information content (AvgIpc) is 2.65. The van der Waals surface area contributed by atoms with Crippen molar-refractivity contribution >= 4 is 17.6 Å². The number of ether oxygens (including phenoxy) is 1. The lowest BCUT2D eigenvalue weighted by atomic mass is 10.2. The number of carbonyl (C=O) groups is 1. The predicted octanol–water partition coefficient (Wildman–Crippen LogP) is 1.68. The molecular weight excluding hydrogens is 264 g/mol. The van der Waals surface area contributed by atoms with E-state index in [1.54, 1.807) is 6.07 Å². The molecule has 0 saturated carbocycles. The minimum absolute atomic E-state index is 0.179. The van der Waals surface area contributed by atoms with Gasteiger partial charge in [0.2, 0.25) is 0 Å². The van der Waals surface area contributed by atoms with Crippen LogP contribution in [0.25, 0.3) is 0 Å². The molecule has 2 rings (SSSR count). The van der Waals surface area contributed by atoms with Crippen molar-refractivity contribution in [2.24, 2.45) is 0 Å². The van der Waals surface area contributed by atoms with E-state index in [0.29, 0.717) is 11.6 Å². The molecule has 5 heteroatoms. The van der Waals surface area contributed by atoms with E-state index >= 15 is 0 Å². The van der Waals surface area contributed by atoms with E-state index in [1.807, 2.05) is 18.2 Å². The molecule has 0 aliphatic carbocycles. The predicted molar refractivity (Wildman–Crippen MR) is 75.2 cm³/mol. The van der Waals surface area contributed by atoms with Crippen LogP contribution < -0.4 is 5.32 Å². The first kappa shape index (κ1) is 14.3. The van der Waals surface area contributed by atoms with Gasteiger partial charge in [-0.3, -0.25) is 9.69 Å². The van der Waals surface area contributed by atoms with E-state index in [2.05, 4.69) is 10.2 Å². The van der Waals surface area contributed by atoms with Gasteiger partial charge >= 0.3 is 5.97 Å². The smallest absolute Gasteiger partial charge is 0.320 e. The molecule has 1 saturated heterocycles. The Labute approximate surface area is 118 Å². The molecule has 0 aromatic heterocycles. The Morgan fingerprint density at radius 1 is 1.37 bits per heavy atom. The molecular formula is C14H19ClN2O2. The first-order valence-electron chi connectivity index (χ1n) is 6.57. The summed E-state index contributed by atoms with van der Waals surface area (Å²) in [6.45, 7) is 4.44. The van der Waals surface area contributed by atoms with Gasteiger partial charge in [-0.1, -0.05) is 23.7 Å². The number of nitrogens with one attached hydrogen (secondary N) is 1. The van der Waals surface area contributed by atoms with Gasteiger partial charge in [0.25, 0.3) is 0 Å². The number of rotatable bonds is 4. The topological polar surface area (TPSA) is 41.6 Å². The molecule has 4 nitrogen and oxygen atoms in total. The maximum atomic E-state index is 11.8. The van der Waals surface area contributed by atoms with Crippen LogP contribution in [0.4, 0.5) is 0 Å². The molecule has 1 aliphatic rings. The Balaban J connectivity index is 1.74. The molecule has 0 spiro atoms. The lowest BCUT2D eigenvalue weighted by Crippen LogP contribution is -2.33. The molecule has 1 N–H and O–H groups in total. The largest absolute Gasteiger partial charge is 0.460 e. The van der Waals surface area contributed by atoms with Gasteiger partial charge in [0.15, 0.2) is 0 Å². The highest BCUT2D eigenvalue weighted by Gasteiger charge is 2.13. The number of nitrogens with zero attached hydrogens (tertiary/aromatic N) is 1. The number of carbonyl (C=O) groups excluding carboxylic acids is 1. The average molecular weight is 283 g/mol. The van der Waals surface area contributed by atoms with Crippen LogP contribution in [0.1, 0.15) is 12.0 Å². The lowest BCUT2D eigenvalue weighted by Gasteiger charge is -2.18. The Kier molecular flexibility index (Phi) is 5.63. The van der Waals surface area contributed by atoms with Crippen LogP contribution in [-0.2, 0) is 16.1 Å². The summed E-state index contributed by atoms with van der Waals surface area (Å²) in [5.41, 5.74) is 0.915. The first-order chi connectivity index (χ1) is 9.24. The van der Waals surface area contributed by atoms with Crippen LogP contribution in [-0.4, -0.2) is 43.6 Å². The molecule has 0 unspecified atom stereocenters. The second-order valence-electron chi connectivity index (χ2n) is 4.67. The molecule has 0 amide bonds. The fourth-order valence-corrected chi connectivity index (χ4v) is 2.29. The Morgan fingerprint density at radius 2 is 2.26 bits per heavy atom. The van der Waals surface area contributed by atoms with Gasteiger partial charge in [0.1, 0.15) is 6.61 Å². The standard InChI is InChI=1S/C14H19ClN2O2/c15-13-4-1-3-12(9-13)11-19-14(18)10-17-7-2-5-16-6-8-17/h1,3-4,9,16H,2,5-8,10-11H2. The highest BCUT2D eigenvalue weighted by molar-refractivity contribution is 6.30. The van der Waals surface area contributed by atoms with Crippen LogP contribution in [0.5, 0.6) is 0 Å². The Hall–Kier alpha value is -1.10. The molecule has 19 heavy (non-hydrogen) atoms. The van der Waals surface area contributed by atoms with Gasteiger partial charge in [0, 0.05) is 18.1 Å². The minimum atomic E-state index is -0.179. The van der Waals surface area contributed by atoms with Gasteiger partial charge in [-0.15, -0.1) is 0 Å². The highest BCUT2D eigenvalue weighted by atomic mass is 35.5. The zero-order valence-corrected chi connectivity index (χ0v) is 11.7. The van der Waals surface area contributed by atoms with Crippen LogP contribution in [0.15, 0.2) is 24.3 Å². The molecule has 0 atom stereocenters. The Bertz CT molecular complexity index is 418. The fourth-order valence-electron chi connectivity index (χ4n) is 2.08. The van der Waals surface area contributed by atoms with Crippen molar-refractivity contribution in [1.29, 1.82) is 0 Å². The summed E-state index contributed by atoms with van der Waals surface area (Å²) >= 11 is 5.88. The van der Waals surface area contributed by atoms with Gasteiger partial charge < -0.3 is 10.1 Å². The van der Waals surface area contributed by atoms with Crippen molar-refractivity contribution in [2.75, 3.05) is 32.7 Å². The quantitative estimate of drug-likeness (QED) is 0.853. The molecule has 104 valence electrons. The van der Waals surface area contributed by atoms with Crippen LogP contribution in [0.3, 0.4) is 0 Å². The van der Waals surface area contributed by atoms with Crippen molar-refractivity contribution in [3.8, 4) is 0 Å². The number of hydrogen-bond acceptors (Lipinski definition) is 4. The summed E-state index contributed by atoms with van der Waals surface area (Å²) < 4.78 is 5.27. The van der Waals surface area contributed by atoms with E-state index in [9.17, 15) is 4.79 Å². The Morgan fingerprint density at radius 3 is 3.11 bits per heavy atom. The van der Waals surface area contributed by atoms with Crippen molar-refractivity contribution in [1.82, 2.24) is 10.2 Å². The number of esters is 1. The second-order valence-corrected chi connectivity index (χ2v) is 5.11. The maximum absolute atomic E-state index is 11.8. The zero-order valence-electron chi connectivity index (χ0n) is 10.9. The summed E-state index contributed by atoms with van der Waals surface area (Å²) in [6.07, 6.45) is 1.07. The SMILES string of the molecule is O=C(CN1CCCNCC1)OCc1cccc(Cl)c1. The van der Waals surface area contributed by atoms with Crippen molar-refractivity contribution < 1.29 is 9.53 Å². The number of hydrogen-bond donors (Lipinski definition) is 1. The second kappa shape index (κ2) is 7.48. The third-order valence-electron chi connectivity index (χ3n) is 3.07. The number of benzene rings is 1. The summed E-state index contributed by atoms with van der Waals surface area (Å²) in [7, 11) is 0. The van der Waals surface area contributed by atoms with Gasteiger partial charge in [0.05, 0.1) is 6.54 Å². The molecule has 1 aromatic rings. The summed E-state index contributed by atoms with van der Waals surface area (Å²) in [6, 6.07) is 7.36. The number of halogens is 1. The highest BCUT2D eigenvalue weighted by Crippen LogP contribution is 2.11. The molecule has 1 fully saturated rings. The van der Waals surface area contributed by atoms with E-state index in [0.717, 1.165) is 38.2 Å². The molecule has 1 aromatic carbocycles. The van der Waals surface area contributed by atoms with E-state index in [1.165, 1.54) is 0 Å². The summed E-state index contributed by atoms with van der Waals surface area (Å²) in [5.74, 6) is -0.179. The lowest BCUT2D eigenvalue weighted by molar-refractivity contribution is -0.146. The van der Waals surface area contributed by atoms with E-state index in [4.69, 9.17) is 16.3 Å². The van der Waals surface area contributed by atoms with Crippen LogP contribution >= 0.6 is 11.6 Å². The van der Waals surface area contributed by atoms with Gasteiger partial charge in [-0.25, -0.2) is 0 Å².